The summed E-state index contributed by atoms with van der Waals surface area (Å²) < 4.78 is 0. The quantitative estimate of drug-likeness (QED) is 0.672. The van der Waals surface area contributed by atoms with Crippen molar-refractivity contribution in [2.75, 3.05) is 0 Å². The van der Waals surface area contributed by atoms with Gasteiger partial charge in [-0.1, -0.05) is 20.8 Å². The first-order valence-electron chi connectivity index (χ1n) is 3.96. The van der Waals surface area contributed by atoms with Gasteiger partial charge in [0, 0.05) is 6.20 Å². The van der Waals surface area contributed by atoms with Crippen LogP contribution in [0.5, 0.6) is 5.75 Å². The van der Waals surface area contributed by atoms with E-state index >= 15 is 0 Å². The zero-order valence-corrected chi connectivity index (χ0v) is 7.33. The van der Waals surface area contributed by atoms with Gasteiger partial charge in [-0.15, -0.1) is 0 Å². The molecule has 2 nitrogen and oxygen atoms in total. The maximum absolute atomic E-state index is 9.05. The monoisotopic (exact) mass is 153 g/mol. The summed E-state index contributed by atoms with van der Waals surface area (Å²) in [5, 5.41) is 9.05. The van der Waals surface area contributed by atoms with Crippen LogP contribution in [0, 0.1) is 0 Å². The van der Waals surface area contributed by atoms with Crippen LogP contribution in [0.25, 0.3) is 0 Å². The summed E-state index contributed by atoms with van der Waals surface area (Å²) in [6.45, 7) is 6.00. The lowest BCUT2D eigenvalue weighted by Gasteiger charge is -1.96. The molecule has 1 aromatic rings. The number of aryl methyl sites for hydroxylation is 1. The molecule has 1 rings (SSSR count). The Balaban J connectivity index is 0.000000461. The lowest BCUT2D eigenvalue weighted by molar-refractivity contribution is 0.466. The predicted molar refractivity (Wildman–Crippen MR) is 46.6 cm³/mol. The van der Waals surface area contributed by atoms with Crippen molar-refractivity contribution in [1.29, 1.82) is 0 Å². The van der Waals surface area contributed by atoms with Gasteiger partial charge in [-0.25, -0.2) is 0 Å². The Hall–Kier alpha value is -1.05. The van der Waals surface area contributed by atoms with Crippen molar-refractivity contribution < 1.29 is 5.11 Å². The first-order valence-corrected chi connectivity index (χ1v) is 3.96. The van der Waals surface area contributed by atoms with E-state index in [-0.39, 0.29) is 0 Å². The summed E-state index contributed by atoms with van der Waals surface area (Å²) >= 11 is 0. The molecule has 1 N–H and O–H groups in total. The van der Waals surface area contributed by atoms with Crippen LogP contribution >= 0.6 is 0 Å². The largest absolute Gasteiger partial charge is 0.506 e. The Labute approximate surface area is 67.9 Å². The smallest absolute Gasteiger partial charge is 0.137 e. The molecule has 2 heteroatoms. The van der Waals surface area contributed by atoms with Gasteiger partial charge in [0.25, 0.3) is 0 Å². The van der Waals surface area contributed by atoms with E-state index in [9.17, 15) is 0 Å². The summed E-state index contributed by atoms with van der Waals surface area (Å²) in [4.78, 5) is 3.74. The molecule has 1 heterocycles. The highest BCUT2D eigenvalue weighted by Gasteiger charge is 1.93. The van der Waals surface area contributed by atoms with Crippen molar-refractivity contribution in [2.24, 2.45) is 0 Å². The third-order valence-electron chi connectivity index (χ3n) is 1.27. The van der Waals surface area contributed by atoms with Gasteiger partial charge in [0.05, 0.1) is 6.20 Å². The Morgan fingerprint density at radius 1 is 1.45 bits per heavy atom. The van der Waals surface area contributed by atoms with Crippen molar-refractivity contribution in [1.82, 2.24) is 4.98 Å². The molecular formula is C9H15NO. The molecule has 0 radical (unpaired) electrons. The molecule has 0 saturated heterocycles. The molecule has 1 aromatic heterocycles. The second kappa shape index (κ2) is 5.71. The van der Waals surface area contributed by atoms with E-state index in [2.05, 4.69) is 4.98 Å². The molecule has 62 valence electrons. The maximum Gasteiger partial charge on any atom is 0.137 e. The molecule has 0 aliphatic rings. The van der Waals surface area contributed by atoms with Crippen molar-refractivity contribution in [2.45, 2.75) is 27.2 Å². The van der Waals surface area contributed by atoms with Crippen LogP contribution in [0.1, 0.15) is 26.3 Å². The second-order valence-corrected chi connectivity index (χ2v) is 1.86. The van der Waals surface area contributed by atoms with Gasteiger partial charge in [-0.05, 0) is 18.1 Å². The highest BCUT2D eigenvalue weighted by atomic mass is 16.3. The van der Waals surface area contributed by atoms with Gasteiger partial charge < -0.3 is 5.11 Å². The number of hydrogen-bond acceptors (Lipinski definition) is 2. The lowest BCUT2D eigenvalue weighted by Crippen LogP contribution is -1.80. The second-order valence-electron chi connectivity index (χ2n) is 1.86. The molecule has 0 unspecified atom stereocenters. The van der Waals surface area contributed by atoms with E-state index in [0.717, 1.165) is 12.0 Å². The molecule has 0 aliphatic carbocycles. The van der Waals surface area contributed by atoms with Crippen molar-refractivity contribution in [3.63, 3.8) is 0 Å². The molecule has 0 atom stereocenters. The molecule has 0 fully saturated rings. The number of aromatic hydroxyl groups is 1. The minimum absolute atomic E-state index is 0.292. The van der Waals surface area contributed by atoms with Crippen LogP contribution in [0.4, 0.5) is 0 Å². The molecular weight excluding hydrogens is 138 g/mol. The Morgan fingerprint density at radius 3 is 2.45 bits per heavy atom. The van der Waals surface area contributed by atoms with E-state index < -0.39 is 0 Å². The maximum atomic E-state index is 9.05. The number of rotatable bonds is 1. The van der Waals surface area contributed by atoms with Crippen molar-refractivity contribution >= 4 is 0 Å². The number of pyridine rings is 1. The van der Waals surface area contributed by atoms with Crippen LogP contribution in [0.2, 0.25) is 0 Å². The topological polar surface area (TPSA) is 33.1 Å². The molecule has 0 amide bonds. The minimum atomic E-state index is 0.292. The summed E-state index contributed by atoms with van der Waals surface area (Å²) in [7, 11) is 0. The first-order chi connectivity index (χ1) is 5.34. The minimum Gasteiger partial charge on any atom is -0.506 e. The fraction of sp³-hybridized carbons (Fsp3) is 0.444. The Morgan fingerprint density at radius 2 is 2.09 bits per heavy atom. The summed E-state index contributed by atoms with van der Waals surface area (Å²) in [6, 6.07) is 1.81. The van der Waals surface area contributed by atoms with Gasteiger partial charge in [0.1, 0.15) is 5.75 Å². The Kier molecular flexibility index (Phi) is 5.17. The van der Waals surface area contributed by atoms with Crippen LogP contribution < -0.4 is 0 Å². The van der Waals surface area contributed by atoms with E-state index in [1.807, 2.05) is 26.8 Å². The van der Waals surface area contributed by atoms with Crippen LogP contribution in [0.3, 0.4) is 0 Å². The Bertz CT molecular complexity index is 199. The normalized spacial score (nSPS) is 8.27. The summed E-state index contributed by atoms with van der Waals surface area (Å²) in [5.41, 5.74) is 0.949. The standard InChI is InChI=1S/C7H9NO.C2H6/c1-2-6-3-4-8-5-7(6)9;1-2/h3-5,9H,2H2,1H3;1-2H3. The average Bonchev–Trinajstić information content (AvgIpc) is 2.09. The van der Waals surface area contributed by atoms with Gasteiger partial charge in [0.2, 0.25) is 0 Å². The highest BCUT2D eigenvalue weighted by molar-refractivity contribution is 5.27. The first kappa shape index (κ1) is 9.95. The van der Waals surface area contributed by atoms with E-state index in [1.54, 1.807) is 6.20 Å². The van der Waals surface area contributed by atoms with E-state index in [0.29, 0.717) is 5.75 Å². The molecule has 0 aromatic carbocycles. The van der Waals surface area contributed by atoms with Gasteiger partial charge in [-0.3, -0.25) is 4.98 Å². The zero-order chi connectivity index (χ0) is 8.69. The predicted octanol–water partition coefficient (Wildman–Crippen LogP) is 2.38. The van der Waals surface area contributed by atoms with Crippen LogP contribution in [-0.2, 0) is 6.42 Å². The number of aromatic nitrogens is 1. The summed E-state index contributed by atoms with van der Waals surface area (Å²) in [5.74, 6) is 0.292. The average molecular weight is 153 g/mol. The fourth-order valence-electron chi connectivity index (χ4n) is 0.714. The summed E-state index contributed by atoms with van der Waals surface area (Å²) in [6.07, 6.45) is 3.99. The van der Waals surface area contributed by atoms with E-state index in [4.69, 9.17) is 5.11 Å². The van der Waals surface area contributed by atoms with Crippen LogP contribution in [-0.4, -0.2) is 10.1 Å². The molecule has 0 spiro atoms. The van der Waals surface area contributed by atoms with Gasteiger partial charge in [0.15, 0.2) is 0 Å². The van der Waals surface area contributed by atoms with Gasteiger partial charge in [-0.2, -0.15) is 0 Å². The van der Waals surface area contributed by atoms with Gasteiger partial charge >= 0.3 is 0 Å². The number of hydrogen-bond donors (Lipinski definition) is 1. The van der Waals surface area contributed by atoms with Crippen molar-refractivity contribution in [3.05, 3.63) is 24.0 Å². The number of nitrogens with zero attached hydrogens (tertiary/aromatic N) is 1. The third kappa shape index (κ3) is 3.03. The zero-order valence-electron chi connectivity index (χ0n) is 7.33. The van der Waals surface area contributed by atoms with Crippen molar-refractivity contribution in [3.8, 4) is 5.75 Å². The molecule has 11 heavy (non-hydrogen) atoms. The van der Waals surface area contributed by atoms with Crippen LogP contribution in [0.15, 0.2) is 18.5 Å². The molecule has 0 bridgehead atoms. The third-order valence-corrected chi connectivity index (χ3v) is 1.27. The fourth-order valence-corrected chi connectivity index (χ4v) is 0.714. The molecule has 0 saturated carbocycles. The SMILES string of the molecule is CC.CCc1ccncc1O. The lowest BCUT2D eigenvalue weighted by atomic mass is 10.2. The highest BCUT2D eigenvalue weighted by Crippen LogP contribution is 2.13. The molecule has 0 aliphatic heterocycles. The van der Waals surface area contributed by atoms with E-state index in [1.165, 1.54) is 6.20 Å².